The Balaban J connectivity index is 1.71. The van der Waals surface area contributed by atoms with Crippen LogP contribution in [0.3, 0.4) is 0 Å². The third kappa shape index (κ3) is 2.90. The number of furan rings is 1. The van der Waals surface area contributed by atoms with Crippen LogP contribution in [0.5, 0.6) is 23.0 Å². The van der Waals surface area contributed by atoms with Gasteiger partial charge in [0.25, 0.3) is 0 Å². The van der Waals surface area contributed by atoms with Gasteiger partial charge in [-0.2, -0.15) is 9.97 Å². The Morgan fingerprint density at radius 2 is 1.45 bits per heavy atom. The van der Waals surface area contributed by atoms with Crippen LogP contribution in [-0.4, -0.2) is 43.2 Å². The Morgan fingerprint density at radius 1 is 0.742 bits per heavy atom. The first-order valence-corrected chi connectivity index (χ1v) is 9.32. The number of phenols is 4. The van der Waals surface area contributed by atoms with Crippen LogP contribution in [0.1, 0.15) is 0 Å². The van der Waals surface area contributed by atoms with E-state index in [0.717, 1.165) is 16.4 Å². The van der Waals surface area contributed by atoms with E-state index in [-0.39, 0.29) is 16.9 Å². The van der Waals surface area contributed by atoms with Crippen molar-refractivity contribution < 1.29 is 24.8 Å². The average molecular weight is 432 g/mol. The van der Waals surface area contributed by atoms with E-state index in [2.05, 4.69) is 15.0 Å². The molecule has 8 nitrogen and oxygen atoms in total. The molecule has 0 amide bonds. The van der Waals surface area contributed by atoms with Crippen molar-refractivity contribution in [2.24, 2.45) is 0 Å². The van der Waals surface area contributed by atoms with Crippen molar-refractivity contribution in [2.45, 2.75) is 0 Å². The second kappa shape index (κ2) is 6.78. The van der Waals surface area contributed by atoms with E-state index in [1.54, 1.807) is 12.1 Å². The fraction of sp³-hybridized carbons (Fsp3) is 0. The normalized spacial score (nSPS) is 11.4. The molecule has 0 aliphatic rings. The summed E-state index contributed by atoms with van der Waals surface area (Å²) in [6.45, 7) is 0. The lowest BCUT2D eigenvalue weighted by Gasteiger charge is -2.13. The van der Waals surface area contributed by atoms with Gasteiger partial charge in [0.05, 0.1) is 0 Å². The van der Waals surface area contributed by atoms with E-state index < -0.39 is 34.0 Å². The summed E-state index contributed by atoms with van der Waals surface area (Å²) in [5.41, 5.74) is 0.921. The van der Waals surface area contributed by atoms with E-state index in [4.69, 9.17) is 23.9 Å². The number of nitrogens with zero attached hydrogens (tertiary/aromatic N) is 3. The van der Waals surface area contributed by atoms with Gasteiger partial charge in [-0.15, -0.1) is 0 Å². The molecule has 150 valence electrons. The highest BCUT2D eigenvalue weighted by Crippen LogP contribution is 2.45. The molecule has 2 aromatic heterocycles. The third-order valence-electron chi connectivity index (χ3n) is 4.90. The van der Waals surface area contributed by atoms with Crippen LogP contribution in [0.15, 0.2) is 46.9 Å². The first-order valence-electron chi connectivity index (χ1n) is 8.94. The number of rotatable bonds is 2. The van der Waals surface area contributed by atoms with Gasteiger partial charge >= 0.3 is 0 Å². The molecule has 10 heteroatoms. The fourth-order valence-corrected chi connectivity index (χ4v) is 3.54. The molecule has 0 aliphatic heterocycles. The predicted octanol–water partition coefficient (Wildman–Crippen LogP) is 3.37. The van der Waals surface area contributed by atoms with E-state index in [0.29, 0.717) is 11.1 Å². The number of hydrogen-bond donors (Lipinski definition) is 4. The zero-order chi connectivity index (χ0) is 21.9. The first-order chi connectivity index (χ1) is 14.8. The van der Waals surface area contributed by atoms with Gasteiger partial charge in [0.15, 0.2) is 23.1 Å². The zero-order valence-corrected chi connectivity index (χ0v) is 16.3. The lowest BCUT2D eigenvalue weighted by molar-refractivity contribution is 0.365. The molecule has 0 saturated heterocycles. The molecule has 31 heavy (non-hydrogen) atoms. The van der Waals surface area contributed by atoms with Gasteiger partial charge in [-0.05, 0) is 35.3 Å². The van der Waals surface area contributed by atoms with Crippen molar-refractivity contribution in [3.63, 3.8) is 0 Å². The van der Waals surface area contributed by atoms with Crippen LogP contribution in [-0.2, 0) is 0 Å². The highest BCUT2D eigenvalue weighted by Gasteiger charge is 2.25. The quantitative estimate of drug-likeness (QED) is 0.190. The Bertz CT molecular complexity index is 1490. The van der Waals surface area contributed by atoms with Crippen LogP contribution < -0.4 is 5.46 Å². The number of hydrogen-bond acceptors (Lipinski definition) is 8. The van der Waals surface area contributed by atoms with Crippen LogP contribution >= 0.6 is 11.6 Å². The molecule has 5 aromatic rings. The fourth-order valence-electron chi connectivity index (χ4n) is 3.38. The molecule has 0 aliphatic carbocycles. The largest absolute Gasteiger partial charge is 0.508 e. The molecule has 2 heterocycles. The monoisotopic (exact) mass is 431 g/mol. The maximum atomic E-state index is 10.3. The number of phenolic OH excluding ortho intramolecular Hbond substituents is 4. The number of aromatic hydroxyl groups is 4. The van der Waals surface area contributed by atoms with Crippen molar-refractivity contribution in [3.8, 4) is 45.8 Å². The van der Waals surface area contributed by atoms with E-state index >= 15 is 0 Å². The van der Waals surface area contributed by atoms with Gasteiger partial charge in [-0.3, -0.25) is 0 Å². The molecular weight excluding hydrogens is 421 g/mol. The van der Waals surface area contributed by atoms with Crippen molar-refractivity contribution >= 4 is 46.8 Å². The van der Waals surface area contributed by atoms with Gasteiger partial charge < -0.3 is 24.8 Å². The van der Waals surface area contributed by atoms with Crippen molar-refractivity contribution in [1.29, 1.82) is 0 Å². The zero-order valence-electron chi connectivity index (χ0n) is 15.5. The summed E-state index contributed by atoms with van der Waals surface area (Å²) in [5.74, 6) is -3.49. The predicted molar refractivity (Wildman–Crippen MR) is 115 cm³/mol. The first kappa shape index (κ1) is 19.0. The Kier molecular flexibility index (Phi) is 4.16. The SMILES string of the molecule is [B]c1c(O)c(O)c(O)c(-c2nc(Cl)nc(-c3ccc4c(c3)oc3ccccc34)n2)c1O. The lowest BCUT2D eigenvalue weighted by atomic mass is 9.90. The van der Waals surface area contributed by atoms with Gasteiger partial charge in [-0.1, -0.05) is 24.3 Å². The minimum absolute atomic E-state index is 0.127. The highest BCUT2D eigenvalue weighted by atomic mass is 35.5. The smallest absolute Gasteiger partial charge is 0.226 e. The molecule has 2 radical (unpaired) electrons. The molecule has 3 aromatic carbocycles. The molecule has 0 bridgehead atoms. The summed E-state index contributed by atoms with van der Waals surface area (Å²) in [6, 6.07) is 13.0. The van der Waals surface area contributed by atoms with Crippen LogP contribution in [0.25, 0.3) is 44.7 Å². The number of fused-ring (bicyclic) bond motifs is 3. The molecule has 0 spiro atoms. The second-order valence-corrected chi connectivity index (χ2v) is 7.08. The summed E-state index contributed by atoms with van der Waals surface area (Å²) in [5, 5.41) is 41.8. The Morgan fingerprint density at radius 3 is 2.26 bits per heavy atom. The number of para-hydroxylation sites is 1. The number of benzene rings is 3. The van der Waals surface area contributed by atoms with Crippen LogP contribution in [0.2, 0.25) is 5.28 Å². The van der Waals surface area contributed by atoms with Gasteiger partial charge in [0, 0.05) is 16.3 Å². The molecule has 0 fully saturated rings. The topological polar surface area (TPSA) is 133 Å². The van der Waals surface area contributed by atoms with Crippen molar-refractivity contribution in [1.82, 2.24) is 15.0 Å². The van der Waals surface area contributed by atoms with E-state index in [9.17, 15) is 20.4 Å². The van der Waals surface area contributed by atoms with Crippen LogP contribution in [0.4, 0.5) is 0 Å². The average Bonchev–Trinajstić information content (AvgIpc) is 3.14. The summed E-state index contributed by atoms with van der Waals surface area (Å²) in [6.07, 6.45) is 0. The van der Waals surface area contributed by atoms with E-state index in [1.165, 1.54) is 0 Å². The highest BCUT2D eigenvalue weighted by molar-refractivity contribution is 6.37. The summed E-state index contributed by atoms with van der Waals surface area (Å²) in [4.78, 5) is 12.3. The van der Waals surface area contributed by atoms with Gasteiger partial charge in [0.2, 0.25) is 11.0 Å². The molecule has 0 saturated carbocycles. The number of aromatic nitrogens is 3. The van der Waals surface area contributed by atoms with Crippen LogP contribution in [0, 0.1) is 0 Å². The van der Waals surface area contributed by atoms with E-state index in [1.807, 2.05) is 30.3 Å². The lowest BCUT2D eigenvalue weighted by Crippen LogP contribution is -2.07. The molecule has 0 atom stereocenters. The van der Waals surface area contributed by atoms with Crippen molar-refractivity contribution in [3.05, 3.63) is 47.7 Å². The second-order valence-electron chi connectivity index (χ2n) is 6.74. The van der Waals surface area contributed by atoms with Crippen molar-refractivity contribution in [2.75, 3.05) is 0 Å². The summed E-state index contributed by atoms with van der Waals surface area (Å²) < 4.78 is 5.88. The maximum Gasteiger partial charge on any atom is 0.226 e. The maximum absolute atomic E-state index is 10.3. The molecule has 0 unspecified atom stereocenters. The minimum atomic E-state index is -0.924. The summed E-state index contributed by atoms with van der Waals surface area (Å²) in [7, 11) is 5.59. The minimum Gasteiger partial charge on any atom is -0.508 e. The third-order valence-corrected chi connectivity index (χ3v) is 5.07. The Hall–Kier alpha value is -3.98. The number of halogens is 1. The molecule has 5 rings (SSSR count). The molecule has 4 N–H and O–H groups in total. The molecular formula is C21H11BClN3O5. The standard InChI is InChI=1S/C21H11BClN3O5/c22-14-15(27)13(16(28)18(30)17(14)29)20-24-19(25-21(23)26-20)8-5-6-10-9-3-1-2-4-11(9)31-12(10)7-8/h1-7,27-30H. The van der Waals surface area contributed by atoms with Gasteiger partial charge in [0.1, 0.15) is 30.3 Å². The Labute approximate surface area is 180 Å². The van der Waals surface area contributed by atoms with Gasteiger partial charge in [-0.25, -0.2) is 4.98 Å². The summed E-state index contributed by atoms with van der Waals surface area (Å²) >= 11 is 6.06.